The highest BCUT2D eigenvalue weighted by Gasteiger charge is 1.99. The van der Waals surface area contributed by atoms with Crippen LogP contribution in [0.15, 0.2) is 34.3 Å². The Labute approximate surface area is 76.6 Å². The van der Waals surface area contributed by atoms with Crippen LogP contribution in [0.3, 0.4) is 0 Å². The average molecular weight is 173 g/mol. The standard InChI is InChI=1S/C9H9N4/c1-2-4-9(5-3-1)12-13-7-10-6-11-8-13/h1-2,4-7,12H,8H2. The summed E-state index contributed by atoms with van der Waals surface area (Å²) in [4.78, 5) is 7.88. The maximum atomic E-state index is 3.98. The Bertz CT molecular complexity index is 318. The van der Waals surface area contributed by atoms with E-state index in [0.29, 0.717) is 6.67 Å². The van der Waals surface area contributed by atoms with E-state index in [9.17, 15) is 0 Å². The quantitative estimate of drug-likeness (QED) is 0.728. The molecule has 1 N–H and O–H groups in total. The van der Waals surface area contributed by atoms with Crippen LogP contribution in [0.25, 0.3) is 0 Å². The van der Waals surface area contributed by atoms with Gasteiger partial charge in [0.15, 0.2) is 0 Å². The van der Waals surface area contributed by atoms with Gasteiger partial charge in [0, 0.05) is 0 Å². The summed E-state index contributed by atoms with van der Waals surface area (Å²) in [6.45, 7) is 0.582. The summed E-state index contributed by atoms with van der Waals surface area (Å²) in [5.74, 6) is 0. The van der Waals surface area contributed by atoms with Crippen LogP contribution in [-0.4, -0.2) is 24.4 Å². The Morgan fingerprint density at radius 1 is 1.54 bits per heavy atom. The molecule has 0 fully saturated rings. The highest BCUT2D eigenvalue weighted by atomic mass is 15.5. The van der Waals surface area contributed by atoms with Gasteiger partial charge in [0.05, 0.1) is 5.69 Å². The van der Waals surface area contributed by atoms with E-state index in [2.05, 4.69) is 21.5 Å². The van der Waals surface area contributed by atoms with Gasteiger partial charge in [-0.15, -0.1) is 0 Å². The number of nitrogens with one attached hydrogen (secondary N) is 1. The molecule has 13 heavy (non-hydrogen) atoms. The number of hydrazine groups is 1. The molecule has 0 aliphatic carbocycles. The van der Waals surface area contributed by atoms with E-state index in [1.54, 1.807) is 11.3 Å². The second-order valence-corrected chi connectivity index (χ2v) is 2.58. The van der Waals surface area contributed by atoms with Crippen molar-refractivity contribution in [3.8, 4) is 0 Å². The van der Waals surface area contributed by atoms with Crippen molar-refractivity contribution in [2.75, 3.05) is 12.1 Å². The molecule has 65 valence electrons. The van der Waals surface area contributed by atoms with Crippen LogP contribution < -0.4 is 5.43 Å². The molecule has 1 aliphatic heterocycles. The molecule has 0 spiro atoms. The number of rotatable bonds is 2. The van der Waals surface area contributed by atoms with Crippen LogP contribution in [-0.2, 0) is 0 Å². The monoisotopic (exact) mass is 173 g/mol. The van der Waals surface area contributed by atoms with E-state index in [1.165, 1.54) is 6.34 Å². The van der Waals surface area contributed by atoms with Gasteiger partial charge in [-0.3, -0.25) is 15.4 Å². The lowest BCUT2D eigenvalue weighted by molar-refractivity contribution is 0.524. The topological polar surface area (TPSA) is 40.0 Å². The molecule has 0 atom stereocenters. The van der Waals surface area contributed by atoms with Crippen LogP contribution in [0, 0.1) is 6.07 Å². The van der Waals surface area contributed by atoms with Crippen LogP contribution in [0.5, 0.6) is 0 Å². The molecule has 2 rings (SSSR count). The number of benzene rings is 1. The third kappa shape index (κ3) is 2.05. The Hall–Kier alpha value is -1.84. The lowest BCUT2D eigenvalue weighted by Gasteiger charge is -2.20. The number of hydrogen-bond donors (Lipinski definition) is 1. The molecule has 1 aromatic carbocycles. The SMILES string of the molecule is [c]1cccc(NN2C=NC=NC2)c1. The molecule has 4 nitrogen and oxygen atoms in total. The molecule has 1 aromatic rings. The molecule has 1 aliphatic rings. The van der Waals surface area contributed by atoms with Crippen LogP contribution in [0.1, 0.15) is 0 Å². The zero-order valence-corrected chi connectivity index (χ0v) is 7.01. The lowest BCUT2D eigenvalue weighted by atomic mass is 10.3. The molecule has 0 unspecified atom stereocenters. The largest absolute Gasteiger partial charge is 0.296 e. The third-order valence-electron chi connectivity index (χ3n) is 1.57. The molecule has 4 heteroatoms. The van der Waals surface area contributed by atoms with Crippen LogP contribution in [0.4, 0.5) is 5.69 Å². The summed E-state index contributed by atoms with van der Waals surface area (Å²) in [5, 5.41) is 1.79. The first-order chi connectivity index (χ1) is 6.45. The highest BCUT2D eigenvalue weighted by Crippen LogP contribution is 2.05. The number of aliphatic imine (C=N–C) groups is 2. The Kier molecular flexibility index (Phi) is 2.22. The maximum absolute atomic E-state index is 3.98. The molecule has 0 amide bonds. The lowest BCUT2D eigenvalue weighted by Crippen LogP contribution is -2.30. The third-order valence-corrected chi connectivity index (χ3v) is 1.57. The molecular weight excluding hydrogens is 164 g/mol. The van der Waals surface area contributed by atoms with E-state index in [-0.39, 0.29) is 0 Å². The zero-order chi connectivity index (χ0) is 8.93. The second kappa shape index (κ2) is 3.71. The van der Waals surface area contributed by atoms with Gasteiger partial charge in [-0.2, -0.15) is 0 Å². The predicted molar refractivity (Wildman–Crippen MR) is 52.6 cm³/mol. The molecule has 0 saturated heterocycles. The molecule has 1 radical (unpaired) electrons. The van der Waals surface area contributed by atoms with Gasteiger partial charge < -0.3 is 0 Å². The van der Waals surface area contributed by atoms with Crippen molar-refractivity contribution in [3.63, 3.8) is 0 Å². The summed E-state index contributed by atoms with van der Waals surface area (Å²) in [6, 6.07) is 10.6. The Balaban J connectivity index is 1.99. The first kappa shape index (κ1) is 7.79. The fraction of sp³-hybridized carbons (Fsp3) is 0.111. The average Bonchev–Trinajstić information content (AvgIpc) is 2.21. The molecule has 0 saturated carbocycles. The van der Waals surface area contributed by atoms with Gasteiger partial charge in [0.1, 0.15) is 19.3 Å². The summed E-state index contributed by atoms with van der Waals surface area (Å²) in [6.07, 6.45) is 3.23. The van der Waals surface area contributed by atoms with Gasteiger partial charge >= 0.3 is 0 Å². The molecule has 0 aromatic heterocycles. The van der Waals surface area contributed by atoms with Crippen molar-refractivity contribution in [2.45, 2.75) is 0 Å². The minimum Gasteiger partial charge on any atom is -0.296 e. The van der Waals surface area contributed by atoms with E-state index in [1.807, 2.05) is 24.3 Å². The number of hydrogen-bond acceptors (Lipinski definition) is 4. The summed E-state index contributed by atoms with van der Waals surface area (Å²) < 4.78 is 0. The van der Waals surface area contributed by atoms with Gasteiger partial charge in [-0.05, 0) is 18.2 Å². The number of anilines is 1. The maximum Gasteiger partial charge on any atom is 0.132 e. The number of nitrogens with zero attached hydrogens (tertiary/aromatic N) is 3. The minimum absolute atomic E-state index is 0.582. The van der Waals surface area contributed by atoms with E-state index in [4.69, 9.17) is 0 Å². The van der Waals surface area contributed by atoms with E-state index >= 15 is 0 Å². The first-order valence-corrected chi connectivity index (χ1v) is 3.96. The second-order valence-electron chi connectivity index (χ2n) is 2.58. The van der Waals surface area contributed by atoms with Crippen molar-refractivity contribution < 1.29 is 0 Å². The Morgan fingerprint density at radius 3 is 3.23 bits per heavy atom. The fourth-order valence-corrected chi connectivity index (χ4v) is 1.01. The van der Waals surface area contributed by atoms with E-state index in [0.717, 1.165) is 5.69 Å². The normalized spacial score (nSPS) is 14.6. The molecule has 0 bridgehead atoms. The van der Waals surface area contributed by atoms with Gasteiger partial charge in [-0.25, -0.2) is 4.99 Å². The van der Waals surface area contributed by atoms with Crippen molar-refractivity contribution in [1.29, 1.82) is 0 Å². The molecule has 1 heterocycles. The summed E-state index contributed by atoms with van der Waals surface area (Å²) in [5.41, 5.74) is 4.10. The van der Waals surface area contributed by atoms with E-state index < -0.39 is 0 Å². The molecular formula is C9H9N4. The first-order valence-electron chi connectivity index (χ1n) is 3.96. The van der Waals surface area contributed by atoms with Gasteiger partial charge in [0.2, 0.25) is 0 Å². The smallest absolute Gasteiger partial charge is 0.132 e. The predicted octanol–water partition coefficient (Wildman–Crippen LogP) is 1.14. The minimum atomic E-state index is 0.582. The zero-order valence-electron chi connectivity index (χ0n) is 7.01. The van der Waals surface area contributed by atoms with Crippen molar-refractivity contribution >= 4 is 18.4 Å². The summed E-state index contributed by atoms with van der Waals surface area (Å²) >= 11 is 0. The van der Waals surface area contributed by atoms with Gasteiger partial charge in [-0.1, -0.05) is 12.1 Å². The van der Waals surface area contributed by atoms with Crippen LogP contribution in [0.2, 0.25) is 0 Å². The van der Waals surface area contributed by atoms with Crippen LogP contribution >= 0.6 is 0 Å². The summed E-state index contributed by atoms with van der Waals surface area (Å²) in [7, 11) is 0. The fourth-order valence-electron chi connectivity index (χ4n) is 1.01. The highest BCUT2D eigenvalue weighted by molar-refractivity contribution is 5.73. The van der Waals surface area contributed by atoms with Crippen molar-refractivity contribution in [3.05, 3.63) is 30.3 Å². The van der Waals surface area contributed by atoms with Gasteiger partial charge in [0.25, 0.3) is 0 Å². The van der Waals surface area contributed by atoms with Crippen molar-refractivity contribution in [2.24, 2.45) is 9.98 Å². The Morgan fingerprint density at radius 2 is 2.54 bits per heavy atom. The van der Waals surface area contributed by atoms with Crippen molar-refractivity contribution in [1.82, 2.24) is 5.01 Å².